The fraction of sp³-hybridized carbons (Fsp3) is 0.562. The summed E-state index contributed by atoms with van der Waals surface area (Å²) in [5, 5.41) is 3.11. The second kappa shape index (κ2) is 7.90. The van der Waals surface area contributed by atoms with Crippen molar-refractivity contribution >= 4 is 5.97 Å². The maximum absolute atomic E-state index is 11.6. The molecule has 1 unspecified atom stereocenters. The minimum Gasteiger partial charge on any atom is -0.493 e. The molecule has 0 bridgehead atoms. The van der Waals surface area contributed by atoms with E-state index in [0.29, 0.717) is 13.0 Å². The Morgan fingerprint density at radius 2 is 1.90 bits per heavy atom. The van der Waals surface area contributed by atoms with Crippen molar-refractivity contribution in [3.63, 3.8) is 0 Å². The second-order valence-electron chi connectivity index (χ2n) is 4.92. The Morgan fingerprint density at radius 3 is 2.50 bits per heavy atom. The summed E-state index contributed by atoms with van der Waals surface area (Å²) in [6.45, 7) is 9.33. The molecule has 1 atom stereocenters. The number of rotatable bonds is 7. The second-order valence-corrected chi connectivity index (χ2v) is 4.92. The van der Waals surface area contributed by atoms with Crippen molar-refractivity contribution in [2.24, 2.45) is 0 Å². The number of methoxy groups -OCH3 is 1. The molecule has 0 heterocycles. The lowest BCUT2D eigenvalue weighted by Crippen LogP contribution is -2.38. The Balaban J connectivity index is 2.63. The number of esters is 1. The number of aryl methyl sites for hydroxylation is 2. The van der Waals surface area contributed by atoms with Gasteiger partial charge in [0, 0.05) is 6.42 Å². The van der Waals surface area contributed by atoms with Crippen LogP contribution in [0, 0.1) is 20.8 Å². The predicted molar refractivity (Wildman–Crippen MR) is 80.2 cm³/mol. The van der Waals surface area contributed by atoms with Crippen LogP contribution in [-0.2, 0) is 9.53 Å². The molecular formula is C16H25NO3. The number of benzene rings is 1. The van der Waals surface area contributed by atoms with Crippen LogP contribution in [0.3, 0.4) is 0 Å². The zero-order chi connectivity index (χ0) is 15.1. The first-order chi connectivity index (χ1) is 9.51. The van der Waals surface area contributed by atoms with Crippen molar-refractivity contribution < 1.29 is 14.3 Å². The van der Waals surface area contributed by atoms with E-state index >= 15 is 0 Å². The van der Waals surface area contributed by atoms with Crippen LogP contribution in [0.1, 0.15) is 30.0 Å². The highest BCUT2D eigenvalue weighted by molar-refractivity contribution is 5.75. The Labute approximate surface area is 121 Å². The maximum Gasteiger partial charge on any atom is 0.322 e. The summed E-state index contributed by atoms with van der Waals surface area (Å²) in [6, 6.07) is 3.84. The fourth-order valence-corrected chi connectivity index (χ4v) is 2.12. The third-order valence-corrected chi connectivity index (χ3v) is 3.46. The van der Waals surface area contributed by atoms with Crippen LogP contribution in [0.5, 0.6) is 5.75 Å². The Morgan fingerprint density at radius 1 is 1.25 bits per heavy atom. The van der Waals surface area contributed by atoms with Gasteiger partial charge in [0.25, 0.3) is 0 Å². The number of nitrogens with one attached hydrogen (secondary N) is 1. The minimum atomic E-state index is -0.310. The number of hydrogen-bond donors (Lipinski definition) is 1. The number of carbonyl (C=O) groups excluding carboxylic acids is 1. The number of ether oxygens (including phenoxy) is 2. The first-order valence-electron chi connectivity index (χ1n) is 7.02. The van der Waals surface area contributed by atoms with Crippen molar-refractivity contribution in [3.8, 4) is 5.75 Å². The third kappa shape index (κ3) is 4.23. The van der Waals surface area contributed by atoms with Crippen LogP contribution in [0.2, 0.25) is 0 Å². The molecule has 0 radical (unpaired) electrons. The normalized spacial score (nSPS) is 12.1. The third-order valence-electron chi connectivity index (χ3n) is 3.46. The van der Waals surface area contributed by atoms with Gasteiger partial charge >= 0.3 is 5.97 Å². The van der Waals surface area contributed by atoms with Gasteiger partial charge in [-0.05, 0) is 44.0 Å². The van der Waals surface area contributed by atoms with Gasteiger partial charge < -0.3 is 14.8 Å². The van der Waals surface area contributed by atoms with Gasteiger partial charge in [-0.1, -0.05) is 19.1 Å². The molecule has 112 valence electrons. The summed E-state index contributed by atoms with van der Waals surface area (Å²) >= 11 is 0. The van der Waals surface area contributed by atoms with Crippen LogP contribution < -0.4 is 10.1 Å². The van der Waals surface area contributed by atoms with Gasteiger partial charge in [0.2, 0.25) is 0 Å². The SMILES string of the molecule is CCNC(CCOc1c(C)ccc(C)c1C)C(=O)OC. The molecule has 4 nitrogen and oxygen atoms in total. The topological polar surface area (TPSA) is 47.6 Å². The lowest BCUT2D eigenvalue weighted by Gasteiger charge is -2.18. The monoisotopic (exact) mass is 279 g/mol. The minimum absolute atomic E-state index is 0.242. The quantitative estimate of drug-likeness (QED) is 0.779. The molecule has 1 rings (SSSR count). The molecule has 1 aromatic carbocycles. The molecule has 0 aliphatic rings. The maximum atomic E-state index is 11.6. The zero-order valence-corrected chi connectivity index (χ0v) is 13.1. The smallest absolute Gasteiger partial charge is 0.322 e. The van der Waals surface area contributed by atoms with Gasteiger partial charge in [-0.3, -0.25) is 4.79 Å². The summed E-state index contributed by atoms with van der Waals surface area (Å²) < 4.78 is 10.6. The fourth-order valence-electron chi connectivity index (χ4n) is 2.12. The highest BCUT2D eigenvalue weighted by Gasteiger charge is 2.18. The van der Waals surface area contributed by atoms with Crippen LogP contribution in [0.25, 0.3) is 0 Å². The Bertz CT molecular complexity index is 457. The summed E-state index contributed by atoms with van der Waals surface area (Å²) in [5.74, 6) is 0.679. The van der Waals surface area contributed by atoms with Crippen molar-refractivity contribution in [1.82, 2.24) is 5.32 Å². The Kier molecular flexibility index (Phi) is 6.52. The van der Waals surface area contributed by atoms with E-state index in [4.69, 9.17) is 9.47 Å². The molecule has 0 aliphatic heterocycles. The summed E-state index contributed by atoms with van der Waals surface area (Å²) in [7, 11) is 1.41. The number of carbonyl (C=O) groups is 1. The van der Waals surface area contributed by atoms with Gasteiger partial charge in [-0.2, -0.15) is 0 Å². The van der Waals surface area contributed by atoms with E-state index in [1.165, 1.54) is 12.7 Å². The molecule has 1 N–H and O–H groups in total. The predicted octanol–water partition coefficient (Wildman–Crippen LogP) is 2.53. The van der Waals surface area contributed by atoms with Crippen molar-refractivity contribution in [3.05, 3.63) is 28.8 Å². The molecule has 0 amide bonds. The Hall–Kier alpha value is -1.55. The van der Waals surface area contributed by atoms with Crippen molar-refractivity contribution in [2.45, 2.75) is 40.2 Å². The van der Waals surface area contributed by atoms with E-state index in [1.807, 2.05) is 13.8 Å². The standard InChI is InChI=1S/C16H25NO3/c1-6-17-14(16(18)19-5)9-10-20-15-12(3)8-7-11(2)13(15)4/h7-8,14,17H,6,9-10H2,1-5H3. The van der Waals surface area contributed by atoms with E-state index in [0.717, 1.165) is 23.4 Å². The summed E-state index contributed by atoms with van der Waals surface area (Å²) in [4.78, 5) is 11.6. The van der Waals surface area contributed by atoms with Crippen molar-refractivity contribution in [1.29, 1.82) is 0 Å². The molecule has 0 saturated heterocycles. The largest absolute Gasteiger partial charge is 0.493 e. The average Bonchev–Trinajstić information content (AvgIpc) is 2.44. The van der Waals surface area contributed by atoms with E-state index in [1.54, 1.807) is 0 Å². The molecule has 0 fully saturated rings. The van der Waals surface area contributed by atoms with E-state index in [2.05, 4.69) is 31.3 Å². The first-order valence-corrected chi connectivity index (χ1v) is 7.02. The number of hydrogen-bond acceptors (Lipinski definition) is 4. The number of likely N-dealkylation sites (N-methyl/N-ethyl adjacent to an activating group) is 1. The molecular weight excluding hydrogens is 254 g/mol. The highest BCUT2D eigenvalue weighted by atomic mass is 16.5. The van der Waals surface area contributed by atoms with Gasteiger partial charge in [-0.25, -0.2) is 0 Å². The molecule has 0 aromatic heterocycles. The van der Waals surface area contributed by atoms with Crippen LogP contribution >= 0.6 is 0 Å². The average molecular weight is 279 g/mol. The van der Waals surface area contributed by atoms with E-state index in [9.17, 15) is 4.79 Å². The van der Waals surface area contributed by atoms with Crippen LogP contribution in [-0.4, -0.2) is 32.3 Å². The lowest BCUT2D eigenvalue weighted by molar-refractivity contribution is -0.143. The molecule has 0 saturated carbocycles. The zero-order valence-electron chi connectivity index (χ0n) is 13.1. The molecule has 20 heavy (non-hydrogen) atoms. The van der Waals surface area contributed by atoms with Gasteiger partial charge in [0.05, 0.1) is 13.7 Å². The lowest BCUT2D eigenvalue weighted by atomic mass is 10.1. The summed E-state index contributed by atoms with van der Waals surface area (Å²) in [5.41, 5.74) is 3.48. The molecule has 1 aromatic rings. The van der Waals surface area contributed by atoms with E-state index in [-0.39, 0.29) is 12.0 Å². The van der Waals surface area contributed by atoms with Crippen LogP contribution in [0.15, 0.2) is 12.1 Å². The van der Waals surface area contributed by atoms with Gasteiger partial charge in [0.15, 0.2) is 0 Å². The van der Waals surface area contributed by atoms with Crippen molar-refractivity contribution in [2.75, 3.05) is 20.3 Å². The molecule has 4 heteroatoms. The molecule has 0 aliphatic carbocycles. The van der Waals surface area contributed by atoms with Crippen LogP contribution in [0.4, 0.5) is 0 Å². The summed E-state index contributed by atoms with van der Waals surface area (Å²) in [6.07, 6.45) is 0.591. The molecule has 0 spiro atoms. The first kappa shape index (κ1) is 16.5. The van der Waals surface area contributed by atoms with E-state index < -0.39 is 0 Å². The van der Waals surface area contributed by atoms with Gasteiger partial charge in [-0.15, -0.1) is 0 Å². The van der Waals surface area contributed by atoms with Gasteiger partial charge in [0.1, 0.15) is 11.8 Å². The highest BCUT2D eigenvalue weighted by Crippen LogP contribution is 2.25.